The van der Waals surface area contributed by atoms with E-state index in [0.717, 1.165) is 38.9 Å². The van der Waals surface area contributed by atoms with Crippen molar-refractivity contribution in [3.63, 3.8) is 0 Å². The number of nitrogens with zero attached hydrogens (tertiary/aromatic N) is 3. The summed E-state index contributed by atoms with van der Waals surface area (Å²) >= 11 is 0. The number of fused-ring (bicyclic) bond motifs is 3. The van der Waals surface area contributed by atoms with Crippen molar-refractivity contribution in [1.29, 1.82) is 0 Å². The first-order valence-corrected chi connectivity index (χ1v) is 8.87. The van der Waals surface area contributed by atoms with Crippen molar-refractivity contribution in [3.05, 3.63) is 65.1 Å². The maximum atomic E-state index is 13.3. The predicted octanol–water partition coefficient (Wildman–Crippen LogP) is 5.24. The van der Waals surface area contributed by atoms with Crippen LogP contribution in [0.25, 0.3) is 22.7 Å². The van der Waals surface area contributed by atoms with Gasteiger partial charge in [-0.05, 0) is 54.8 Å². The van der Waals surface area contributed by atoms with Gasteiger partial charge in [-0.2, -0.15) is 13.2 Å². The highest BCUT2D eigenvalue weighted by Gasteiger charge is 2.40. The summed E-state index contributed by atoms with van der Waals surface area (Å²) < 4.78 is 41.8. The van der Waals surface area contributed by atoms with Gasteiger partial charge >= 0.3 is 6.30 Å². The van der Waals surface area contributed by atoms with Crippen molar-refractivity contribution in [3.8, 4) is 0 Å². The molecule has 0 fully saturated rings. The summed E-state index contributed by atoms with van der Waals surface area (Å²) in [5.74, 6) is 0. The molecule has 0 N–H and O–H groups in total. The van der Waals surface area contributed by atoms with Crippen LogP contribution in [0.3, 0.4) is 0 Å². The Morgan fingerprint density at radius 3 is 2.59 bits per heavy atom. The summed E-state index contributed by atoms with van der Waals surface area (Å²) in [4.78, 5) is 4.64. The van der Waals surface area contributed by atoms with E-state index in [9.17, 15) is 13.2 Å². The van der Waals surface area contributed by atoms with Crippen LogP contribution in [0.2, 0.25) is 0 Å². The Hall–Kier alpha value is -2.60. The minimum atomic E-state index is -4.31. The largest absolute Gasteiger partial charge is 0.460 e. The van der Waals surface area contributed by atoms with E-state index in [1.54, 1.807) is 12.4 Å². The minimum Gasteiger partial charge on any atom is -0.320 e. The molecule has 2 aromatic heterocycles. The smallest absolute Gasteiger partial charge is 0.320 e. The molecule has 0 spiro atoms. The number of hydrogen-bond acceptors (Lipinski definition) is 2. The van der Waals surface area contributed by atoms with Gasteiger partial charge in [-0.25, -0.2) is 4.90 Å². The highest BCUT2D eigenvalue weighted by molar-refractivity contribution is 5.90. The van der Waals surface area contributed by atoms with Crippen LogP contribution < -0.4 is 0 Å². The quantitative estimate of drug-likeness (QED) is 0.575. The Labute approximate surface area is 155 Å². The molecule has 3 nitrogen and oxygen atoms in total. The summed E-state index contributed by atoms with van der Waals surface area (Å²) in [7, 11) is 0. The van der Waals surface area contributed by atoms with E-state index in [1.165, 1.54) is 0 Å². The molecule has 1 aromatic carbocycles. The second-order valence-corrected chi connectivity index (χ2v) is 7.00. The molecule has 0 atom stereocenters. The molecule has 3 heterocycles. The van der Waals surface area contributed by atoms with Crippen LogP contribution in [0.5, 0.6) is 0 Å². The molecule has 0 unspecified atom stereocenters. The van der Waals surface area contributed by atoms with Crippen molar-refractivity contribution in [2.24, 2.45) is 0 Å². The Bertz CT molecular complexity index is 1020. The number of pyridine rings is 1. The van der Waals surface area contributed by atoms with Crippen LogP contribution in [-0.4, -0.2) is 27.3 Å². The molecule has 6 heteroatoms. The topological polar surface area (TPSA) is 21.1 Å². The van der Waals surface area contributed by atoms with Crippen LogP contribution in [-0.2, 0) is 13.0 Å². The van der Waals surface area contributed by atoms with E-state index >= 15 is 0 Å². The molecule has 0 amide bonds. The number of halogens is 3. The number of allylic oxidation sites excluding steroid dienone is 1. The van der Waals surface area contributed by atoms with Crippen LogP contribution in [0.15, 0.2) is 42.7 Å². The first kappa shape index (κ1) is 17.8. The molecule has 1 aliphatic heterocycles. The maximum Gasteiger partial charge on any atom is 0.460 e. The normalized spacial score (nSPS) is 16.0. The number of hydrogen-bond donors (Lipinski definition) is 0. The fourth-order valence-corrected chi connectivity index (χ4v) is 3.75. The standard InChI is InChI=1S/C21H20F3N3/c1-14-3-4-19-17(11-14)18-13-26(21(22,23)24)10-7-20(18)27(19)12-15(2)16-5-8-25-9-6-16/h3-6,8-9,11-12H,7,10,13H2,1-2H3/b15-12+. The van der Waals surface area contributed by atoms with Crippen molar-refractivity contribution < 1.29 is 13.2 Å². The van der Waals surface area contributed by atoms with E-state index in [2.05, 4.69) is 9.55 Å². The lowest BCUT2D eigenvalue weighted by atomic mass is 10.0. The molecule has 0 saturated carbocycles. The third-order valence-corrected chi connectivity index (χ3v) is 5.16. The van der Waals surface area contributed by atoms with Crippen molar-refractivity contribution in [2.75, 3.05) is 6.54 Å². The fourth-order valence-electron chi connectivity index (χ4n) is 3.75. The molecule has 3 aromatic rings. The van der Waals surface area contributed by atoms with Gasteiger partial charge in [0.2, 0.25) is 0 Å². The molecule has 1 aliphatic rings. The molecule has 0 radical (unpaired) electrons. The highest BCUT2D eigenvalue weighted by atomic mass is 19.4. The molecule has 0 aliphatic carbocycles. The van der Waals surface area contributed by atoms with Gasteiger partial charge in [0.25, 0.3) is 0 Å². The number of aromatic nitrogens is 2. The van der Waals surface area contributed by atoms with E-state index in [-0.39, 0.29) is 13.1 Å². The van der Waals surface area contributed by atoms with Crippen LogP contribution in [0.1, 0.15) is 29.3 Å². The molecule has 140 valence electrons. The minimum absolute atomic E-state index is 0.0199. The van der Waals surface area contributed by atoms with Gasteiger partial charge in [0, 0.05) is 49.2 Å². The number of aryl methyl sites for hydroxylation is 1. The van der Waals surface area contributed by atoms with Gasteiger partial charge < -0.3 is 4.57 Å². The summed E-state index contributed by atoms with van der Waals surface area (Å²) in [6.45, 7) is 3.85. The molecule has 0 bridgehead atoms. The summed E-state index contributed by atoms with van der Waals surface area (Å²) in [6.07, 6.45) is 1.55. The second-order valence-electron chi connectivity index (χ2n) is 7.00. The first-order valence-electron chi connectivity index (χ1n) is 8.87. The predicted molar refractivity (Wildman–Crippen MR) is 101 cm³/mol. The Morgan fingerprint density at radius 1 is 1.15 bits per heavy atom. The lowest BCUT2D eigenvalue weighted by Gasteiger charge is -2.29. The van der Waals surface area contributed by atoms with Gasteiger partial charge in [0.1, 0.15) is 0 Å². The van der Waals surface area contributed by atoms with Crippen LogP contribution >= 0.6 is 0 Å². The van der Waals surface area contributed by atoms with Gasteiger partial charge in [0.15, 0.2) is 0 Å². The Morgan fingerprint density at radius 2 is 1.89 bits per heavy atom. The molecule has 4 rings (SSSR count). The lowest BCUT2D eigenvalue weighted by Crippen LogP contribution is -2.41. The average Bonchev–Trinajstić information content (AvgIpc) is 2.94. The van der Waals surface area contributed by atoms with Crippen LogP contribution in [0.4, 0.5) is 13.2 Å². The van der Waals surface area contributed by atoms with E-state index in [4.69, 9.17) is 0 Å². The van der Waals surface area contributed by atoms with E-state index < -0.39 is 6.30 Å². The SMILES string of the molecule is C/C(=C\n1c2c(c3cc(C)ccc31)CN(C(F)(F)F)CC2)c1ccncc1. The summed E-state index contributed by atoms with van der Waals surface area (Å²) in [6, 6.07) is 9.85. The number of alkyl halides is 3. The van der Waals surface area contributed by atoms with E-state index in [0.29, 0.717) is 11.3 Å². The van der Waals surface area contributed by atoms with Gasteiger partial charge in [0.05, 0.1) is 5.52 Å². The van der Waals surface area contributed by atoms with Gasteiger partial charge in [-0.15, -0.1) is 0 Å². The van der Waals surface area contributed by atoms with Crippen molar-refractivity contribution in [2.45, 2.75) is 33.1 Å². The lowest BCUT2D eigenvalue weighted by molar-refractivity contribution is -0.250. The number of benzene rings is 1. The molecule has 27 heavy (non-hydrogen) atoms. The highest BCUT2D eigenvalue weighted by Crippen LogP contribution is 2.36. The third kappa shape index (κ3) is 3.25. The molecular formula is C21H20F3N3. The summed E-state index contributed by atoms with van der Waals surface area (Å²) in [5, 5.41) is 0.901. The third-order valence-electron chi connectivity index (χ3n) is 5.16. The first-order chi connectivity index (χ1) is 12.8. The molecule has 0 saturated heterocycles. The maximum absolute atomic E-state index is 13.3. The van der Waals surface area contributed by atoms with Gasteiger partial charge in [-0.3, -0.25) is 4.98 Å². The summed E-state index contributed by atoms with van der Waals surface area (Å²) in [5.41, 5.74) is 5.81. The van der Waals surface area contributed by atoms with Crippen molar-refractivity contribution in [1.82, 2.24) is 14.5 Å². The second kappa shape index (κ2) is 6.53. The zero-order valence-electron chi connectivity index (χ0n) is 15.2. The molecular weight excluding hydrogens is 351 g/mol. The van der Waals surface area contributed by atoms with Gasteiger partial charge in [-0.1, -0.05) is 11.6 Å². The Balaban J connectivity index is 1.88. The van der Waals surface area contributed by atoms with Crippen LogP contribution in [0, 0.1) is 6.92 Å². The zero-order valence-corrected chi connectivity index (χ0v) is 15.2. The number of rotatable bonds is 2. The van der Waals surface area contributed by atoms with E-state index in [1.807, 2.05) is 50.4 Å². The van der Waals surface area contributed by atoms with Crippen molar-refractivity contribution >= 4 is 22.7 Å². The average molecular weight is 371 g/mol. The zero-order chi connectivity index (χ0) is 19.2. The fraction of sp³-hybridized carbons (Fsp3) is 0.286. The monoisotopic (exact) mass is 371 g/mol. The Kier molecular flexibility index (Phi) is 4.30.